The third kappa shape index (κ3) is 4.59. The lowest BCUT2D eigenvalue weighted by Gasteiger charge is -2.26. The van der Waals surface area contributed by atoms with Crippen molar-refractivity contribution in [2.24, 2.45) is 0 Å². The minimum atomic E-state index is 0.562. The fourth-order valence-corrected chi connectivity index (χ4v) is 3.40. The first-order chi connectivity index (χ1) is 8.24. The van der Waals surface area contributed by atoms with Crippen molar-refractivity contribution in [1.29, 1.82) is 0 Å². The van der Waals surface area contributed by atoms with Crippen molar-refractivity contribution < 1.29 is 0 Å². The van der Waals surface area contributed by atoms with E-state index in [1.165, 1.54) is 37.1 Å². The zero-order valence-electron chi connectivity index (χ0n) is 10.3. The number of piperidine rings is 1. The summed E-state index contributed by atoms with van der Waals surface area (Å²) in [5.41, 5.74) is 0. The van der Waals surface area contributed by atoms with Crippen LogP contribution in [-0.4, -0.2) is 18.6 Å². The summed E-state index contributed by atoms with van der Waals surface area (Å²) < 4.78 is 0.878. The number of nitrogens with one attached hydrogen (secondary N) is 2. The van der Waals surface area contributed by atoms with Gasteiger partial charge in [-0.25, -0.2) is 0 Å². The molecule has 17 heavy (non-hydrogen) atoms. The molecule has 0 aromatic carbocycles. The van der Waals surface area contributed by atoms with Gasteiger partial charge in [-0.3, -0.25) is 0 Å². The predicted octanol–water partition coefficient (Wildman–Crippen LogP) is 3.41. The van der Waals surface area contributed by atoms with Gasteiger partial charge in [-0.2, -0.15) is 0 Å². The van der Waals surface area contributed by atoms with Crippen molar-refractivity contribution in [3.05, 3.63) is 21.3 Å². The molecule has 0 bridgehead atoms. The third-order valence-electron chi connectivity index (χ3n) is 3.30. The van der Waals surface area contributed by atoms with E-state index in [9.17, 15) is 0 Å². The van der Waals surface area contributed by atoms with Gasteiger partial charge in [-0.05, 0) is 44.9 Å². The number of hydrogen-bond acceptors (Lipinski definition) is 3. The maximum Gasteiger partial charge on any atom is 0.0931 e. The van der Waals surface area contributed by atoms with Gasteiger partial charge in [0.05, 0.1) is 4.34 Å². The number of rotatable bonds is 5. The van der Waals surface area contributed by atoms with Gasteiger partial charge in [-0.1, -0.05) is 18.0 Å². The van der Waals surface area contributed by atoms with E-state index in [1.54, 1.807) is 11.3 Å². The minimum absolute atomic E-state index is 0.562. The summed E-state index contributed by atoms with van der Waals surface area (Å²) in [6, 6.07) is 5.34. The standard InChI is InChI=1S/C13H21ClN2S/c1-10(8-11-4-2-3-7-15-11)16-9-12-5-6-13(14)17-12/h5-6,10-11,15-16H,2-4,7-9H2,1H3. The van der Waals surface area contributed by atoms with Crippen LogP contribution in [0.4, 0.5) is 0 Å². The Morgan fingerprint density at radius 2 is 2.41 bits per heavy atom. The molecule has 2 atom stereocenters. The molecule has 2 heterocycles. The lowest BCUT2D eigenvalue weighted by molar-refractivity contribution is 0.345. The molecule has 2 N–H and O–H groups in total. The molecule has 0 aliphatic carbocycles. The Morgan fingerprint density at radius 3 is 3.06 bits per heavy atom. The highest BCUT2D eigenvalue weighted by Crippen LogP contribution is 2.21. The van der Waals surface area contributed by atoms with Crippen LogP contribution in [0.2, 0.25) is 4.34 Å². The molecule has 0 saturated carbocycles. The summed E-state index contributed by atoms with van der Waals surface area (Å²) in [5, 5.41) is 7.17. The summed E-state index contributed by atoms with van der Waals surface area (Å²) in [7, 11) is 0. The molecular weight excluding hydrogens is 252 g/mol. The maximum atomic E-state index is 5.91. The van der Waals surface area contributed by atoms with E-state index in [0.29, 0.717) is 12.1 Å². The van der Waals surface area contributed by atoms with E-state index < -0.39 is 0 Å². The van der Waals surface area contributed by atoms with Gasteiger partial charge in [0.2, 0.25) is 0 Å². The van der Waals surface area contributed by atoms with Crippen molar-refractivity contribution in [3.63, 3.8) is 0 Å². The van der Waals surface area contributed by atoms with Crippen molar-refractivity contribution in [2.45, 2.75) is 51.2 Å². The summed E-state index contributed by atoms with van der Waals surface area (Å²) in [5.74, 6) is 0. The second-order valence-corrected chi connectivity index (χ2v) is 6.67. The van der Waals surface area contributed by atoms with Crippen LogP contribution in [0.15, 0.2) is 12.1 Å². The van der Waals surface area contributed by atoms with Crippen LogP contribution in [0, 0.1) is 0 Å². The maximum absolute atomic E-state index is 5.91. The summed E-state index contributed by atoms with van der Waals surface area (Å²) in [6.07, 6.45) is 5.27. The molecule has 1 aromatic rings. The fourth-order valence-electron chi connectivity index (χ4n) is 2.36. The van der Waals surface area contributed by atoms with Gasteiger partial charge in [-0.15, -0.1) is 11.3 Å². The molecule has 2 nitrogen and oxygen atoms in total. The molecular formula is C13H21ClN2S. The monoisotopic (exact) mass is 272 g/mol. The zero-order valence-corrected chi connectivity index (χ0v) is 11.9. The lowest BCUT2D eigenvalue weighted by Crippen LogP contribution is -2.39. The van der Waals surface area contributed by atoms with E-state index in [0.717, 1.165) is 10.9 Å². The Bertz CT molecular complexity index is 334. The van der Waals surface area contributed by atoms with Crippen molar-refractivity contribution in [2.75, 3.05) is 6.54 Å². The number of thiophene rings is 1. The van der Waals surface area contributed by atoms with E-state index in [1.807, 2.05) is 6.07 Å². The van der Waals surface area contributed by atoms with Crippen LogP contribution >= 0.6 is 22.9 Å². The van der Waals surface area contributed by atoms with E-state index >= 15 is 0 Å². The van der Waals surface area contributed by atoms with E-state index in [-0.39, 0.29) is 0 Å². The molecule has 1 aromatic heterocycles. The SMILES string of the molecule is CC(CC1CCCCN1)NCc1ccc(Cl)s1. The van der Waals surface area contributed by atoms with E-state index in [2.05, 4.69) is 23.6 Å². The van der Waals surface area contributed by atoms with Gasteiger partial charge in [0, 0.05) is 23.5 Å². The average molecular weight is 273 g/mol. The molecule has 1 aliphatic heterocycles. The summed E-state index contributed by atoms with van der Waals surface area (Å²) in [4.78, 5) is 1.32. The highest BCUT2D eigenvalue weighted by Gasteiger charge is 2.15. The smallest absolute Gasteiger partial charge is 0.0931 e. The molecule has 0 amide bonds. The minimum Gasteiger partial charge on any atom is -0.314 e. The zero-order chi connectivity index (χ0) is 12.1. The van der Waals surface area contributed by atoms with Crippen LogP contribution in [0.1, 0.15) is 37.5 Å². The molecule has 96 valence electrons. The highest BCUT2D eigenvalue weighted by molar-refractivity contribution is 7.16. The van der Waals surface area contributed by atoms with Crippen LogP contribution in [0.25, 0.3) is 0 Å². The fraction of sp³-hybridized carbons (Fsp3) is 0.692. The second kappa shape index (κ2) is 6.74. The van der Waals surface area contributed by atoms with Gasteiger partial charge in [0.15, 0.2) is 0 Å². The summed E-state index contributed by atoms with van der Waals surface area (Å²) >= 11 is 7.58. The van der Waals surface area contributed by atoms with Gasteiger partial charge >= 0.3 is 0 Å². The molecule has 1 aliphatic rings. The first-order valence-electron chi connectivity index (χ1n) is 6.45. The largest absolute Gasteiger partial charge is 0.314 e. The van der Waals surface area contributed by atoms with Gasteiger partial charge in [0.25, 0.3) is 0 Å². The molecule has 2 rings (SSSR count). The number of halogens is 1. The predicted molar refractivity (Wildman–Crippen MR) is 75.9 cm³/mol. The first-order valence-corrected chi connectivity index (χ1v) is 7.64. The quantitative estimate of drug-likeness (QED) is 0.858. The summed E-state index contributed by atoms with van der Waals surface area (Å²) in [6.45, 7) is 4.40. The van der Waals surface area contributed by atoms with Crippen LogP contribution in [-0.2, 0) is 6.54 Å². The van der Waals surface area contributed by atoms with Crippen LogP contribution in [0.3, 0.4) is 0 Å². The second-order valence-electron chi connectivity index (χ2n) is 4.87. The first kappa shape index (κ1) is 13.3. The van der Waals surface area contributed by atoms with Crippen LogP contribution in [0.5, 0.6) is 0 Å². The molecule has 1 saturated heterocycles. The lowest BCUT2D eigenvalue weighted by atomic mass is 9.99. The molecule has 1 fully saturated rings. The van der Waals surface area contributed by atoms with Crippen molar-refractivity contribution in [1.82, 2.24) is 10.6 Å². The molecule has 4 heteroatoms. The van der Waals surface area contributed by atoms with Gasteiger partial charge < -0.3 is 10.6 Å². The normalized spacial score (nSPS) is 22.6. The Kier molecular flexibility index (Phi) is 5.29. The van der Waals surface area contributed by atoms with Crippen molar-refractivity contribution in [3.8, 4) is 0 Å². The third-order valence-corrected chi connectivity index (χ3v) is 4.54. The molecule has 0 spiro atoms. The van der Waals surface area contributed by atoms with E-state index in [4.69, 9.17) is 11.6 Å². The Labute approximate surface area is 113 Å². The number of hydrogen-bond donors (Lipinski definition) is 2. The Morgan fingerprint density at radius 1 is 1.53 bits per heavy atom. The topological polar surface area (TPSA) is 24.1 Å². The molecule has 2 unspecified atom stereocenters. The van der Waals surface area contributed by atoms with Gasteiger partial charge in [0.1, 0.15) is 0 Å². The van der Waals surface area contributed by atoms with Crippen LogP contribution < -0.4 is 10.6 Å². The average Bonchev–Trinajstić information content (AvgIpc) is 2.74. The molecule has 0 radical (unpaired) electrons. The van der Waals surface area contributed by atoms with Crippen molar-refractivity contribution >= 4 is 22.9 Å². The Balaban J connectivity index is 1.68. The highest BCUT2D eigenvalue weighted by atomic mass is 35.5. The Hall–Kier alpha value is -0.0900.